The highest BCUT2D eigenvalue weighted by molar-refractivity contribution is 9.10. The Bertz CT molecular complexity index is 338. The van der Waals surface area contributed by atoms with Crippen molar-refractivity contribution in [1.29, 1.82) is 0 Å². The quantitative estimate of drug-likeness (QED) is 0.874. The second-order valence-electron chi connectivity index (χ2n) is 4.94. The Balaban J connectivity index is 1.88. The minimum Gasteiger partial charge on any atom is -0.466 e. The summed E-state index contributed by atoms with van der Waals surface area (Å²) in [7, 11) is 0. The molecule has 1 heterocycles. The van der Waals surface area contributed by atoms with Gasteiger partial charge in [0, 0.05) is 6.54 Å². The first-order valence-electron chi connectivity index (χ1n) is 6.13. The molecule has 0 aromatic carbocycles. The molecule has 0 saturated heterocycles. The monoisotopic (exact) mass is 285 g/mol. The van der Waals surface area contributed by atoms with Gasteiger partial charge in [0.05, 0.1) is 16.8 Å². The summed E-state index contributed by atoms with van der Waals surface area (Å²) < 4.78 is 6.53. The molecule has 0 bridgehead atoms. The molecule has 0 amide bonds. The second kappa shape index (κ2) is 4.92. The maximum atomic E-state index is 5.47. The van der Waals surface area contributed by atoms with Gasteiger partial charge in [0.2, 0.25) is 0 Å². The first-order chi connectivity index (χ1) is 7.67. The van der Waals surface area contributed by atoms with Gasteiger partial charge in [0.15, 0.2) is 0 Å². The van der Waals surface area contributed by atoms with E-state index in [2.05, 4.69) is 35.1 Å². The third-order valence-corrected chi connectivity index (χ3v) is 4.64. The fraction of sp³-hybridized carbons (Fsp3) is 0.692. The van der Waals surface area contributed by atoms with Crippen LogP contribution in [0.1, 0.15) is 51.3 Å². The minimum absolute atomic E-state index is 0.286. The van der Waals surface area contributed by atoms with Crippen molar-refractivity contribution in [3.05, 3.63) is 22.6 Å². The van der Waals surface area contributed by atoms with E-state index in [-0.39, 0.29) is 6.04 Å². The van der Waals surface area contributed by atoms with Crippen molar-refractivity contribution in [2.75, 3.05) is 6.54 Å². The average Bonchev–Trinajstić information content (AvgIpc) is 2.63. The highest BCUT2D eigenvalue weighted by Gasteiger charge is 2.35. The van der Waals surface area contributed by atoms with Crippen LogP contribution in [0.5, 0.6) is 0 Å². The highest BCUT2D eigenvalue weighted by atomic mass is 79.9. The molecule has 1 aliphatic rings. The minimum atomic E-state index is 0.286. The molecular formula is C13H20BrNO. The molecule has 1 atom stereocenters. The molecule has 1 aromatic heterocycles. The Morgan fingerprint density at radius 1 is 1.56 bits per heavy atom. The first-order valence-corrected chi connectivity index (χ1v) is 6.92. The predicted octanol–water partition coefficient (Wildman–Crippen LogP) is 4.27. The third-order valence-electron chi connectivity index (χ3n) is 3.99. The third kappa shape index (κ3) is 2.35. The molecule has 3 heteroatoms. The number of hydrogen-bond acceptors (Lipinski definition) is 2. The molecule has 1 aliphatic carbocycles. The van der Waals surface area contributed by atoms with Gasteiger partial charge in [0.1, 0.15) is 5.76 Å². The van der Waals surface area contributed by atoms with Crippen LogP contribution >= 0.6 is 15.9 Å². The number of hydrogen-bond donors (Lipinski definition) is 1. The van der Waals surface area contributed by atoms with Gasteiger partial charge in [0.25, 0.3) is 0 Å². The van der Waals surface area contributed by atoms with Crippen LogP contribution in [0.15, 0.2) is 21.2 Å². The topological polar surface area (TPSA) is 25.2 Å². The molecule has 2 nitrogen and oxygen atoms in total. The Labute approximate surface area is 106 Å². The van der Waals surface area contributed by atoms with Crippen molar-refractivity contribution in [3.63, 3.8) is 0 Å². The maximum absolute atomic E-state index is 5.47. The van der Waals surface area contributed by atoms with E-state index in [1.54, 1.807) is 6.26 Å². The van der Waals surface area contributed by atoms with Gasteiger partial charge < -0.3 is 9.73 Å². The van der Waals surface area contributed by atoms with Gasteiger partial charge in [-0.25, -0.2) is 0 Å². The average molecular weight is 286 g/mol. The summed E-state index contributed by atoms with van der Waals surface area (Å²) in [4.78, 5) is 0. The molecular weight excluding hydrogens is 266 g/mol. The number of nitrogens with one attached hydrogen (secondary N) is 1. The molecule has 1 N–H and O–H groups in total. The fourth-order valence-corrected chi connectivity index (χ4v) is 2.95. The standard InChI is InChI=1S/C13H20BrNO/c1-3-13(6-4-7-13)9-15-10(2)12-11(14)5-8-16-12/h5,8,10,15H,3-4,6-7,9H2,1-2H3. The zero-order valence-electron chi connectivity index (χ0n) is 10.1. The summed E-state index contributed by atoms with van der Waals surface area (Å²) in [5, 5.41) is 3.60. The molecule has 1 unspecified atom stereocenters. The predicted molar refractivity (Wildman–Crippen MR) is 69.4 cm³/mol. The molecule has 0 spiro atoms. The molecule has 2 rings (SSSR count). The molecule has 1 aromatic rings. The van der Waals surface area contributed by atoms with Crippen LogP contribution in [-0.2, 0) is 0 Å². The van der Waals surface area contributed by atoms with Crippen LogP contribution in [0.2, 0.25) is 0 Å². The fourth-order valence-electron chi connectivity index (χ4n) is 2.41. The Kier molecular flexibility index (Phi) is 3.75. The van der Waals surface area contributed by atoms with Crippen molar-refractivity contribution in [2.24, 2.45) is 5.41 Å². The summed E-state index contributed by atoms with van der Waals surface area (Å²) >= 11 is 3.50. The van der Waals surface area contributed by atoms with Gasteiger partial charge in [-0.05, 0) is 53.6 Å². The lowest BCUT2D eigenvalue weighted by Gasteiger charge is -2.42. The van der Waals surface area contributed by atoms with E-state index in [9.17, 15) is 0 Å². The van der Waals surface area contributed by atoms with Gasteiger partial charge >= 0.3 is 0 Å². The van der Waals surface area contributed by atoms with Gasteiger partial charge in [-0.15, -0.1) is 0 Å². The summed E-state index contributed by atoms with van der Waals surface area (Å²) in [6, 6.07) is 2.24. The smallest absolute Gasteiger partial charge is 0.134 e. The molecule has 16 heavy (non-hydrogen) atoms. The van der Waals surface area contributed by atoms with Crippen LogP contribution < -0.4 is 5.32 Å². The molecule has 0 aliphatic heterocycles. The van der Waals surface area contributed by atoms with Crippen molar-refractivity contribution < 1.29 is 4.42 Å². The van der Waals surface area contributed by atoms with Crippen molar-refractivity contribution in [1.82, 2.24) is 5.32 Å². The number of furan rings is 1. The zero-order chi connectivity index (χ0) is 11.6. The Morgan fingerprint density at radius 3 is 2.75 bits per heavy atom. The Hall–Kier alpha value is -0.280. The summed E-state index contributed by atoms with van der Waals surface area (Å²) in [6.07, 6.45) is 7.17. The maximum Gasteiger partial charge on any atom is 0.134 e. The van der Waals surface area contributed by atoms with Crippen molar-refractivity contribution in [2.45, 2.75) is 45.6 Å². The van der Waals surface area contributed by atoms with E-state index in [0.29, 0.717) is 5.41 Å². The summed E-state index contributed by atoms with van der Waals surface area (Å²) in [6.45, 7) is 5.57. The largest absolute Gasteiger partial charge is 0.466 e. The van der Waals surface area contributed by atoms with E-state index >= 15 is 0 Å². The van der Waals surface area contributed by atoms with E-state index in [1.165, 1.54) is 25.7 Å². The molecule has 1 fully saturated rings. The van der Waals surface area contributed by atoms with Crippen LogP contribution in [0.4, 0.5) is 0 Å². The van der Waals surface area contributed by atoms with Crippen LogP contribution in [0.3, 0.4) is 0 Å². The molecule has 1 saturated carbocycles. The molecule has 0 radical (unpaired) electrons. The molecule has 90 valence electrons. The van der Waals surface area contributed by atoms with Crippen LogP contribution in [0.25, 0.3) is 0 Å². The van der Waals surface area contributed by atoms with E-state index in [4.69, 9.17) is 4.42 Å². The lowest BCUT2D eigenvalue weighted by atomic mass is 9.67. The highest BCUT2D eigenvalue weighted by Crippen LogP contribution is 2.43. The van der Waals surface area contributed by atoms with E-state index in [0.717, 1.165) is 16.8 Å². The second-order valence-corrected chi connectivity index (χ2v) is 5.80. The van der Waals surface area contributed by atoms with Crippen LogP contribution in [0, 0.1) is 5.41 Å². The zero-order valence-corrected chi connectivity index (χ0v) is 11.6. The van der Waals surface area contributed by atoms with Gasteiger partial charge in [-0.1, -0.05) is 13.3 Å². The normalized spacial score (nSPS) is 20.4. The van der Waals surface area contributed by atoms with E-state index < -0.39 is 0 Å². The number of halogens is 1. The summed E-state index contributed by atoms with van der Waals surface area (Å²) in [5.41, 5.74) is 0.563. The Morgan fingerprint density at radius 2 is 2.31 bits per heavy atom. The first kappa shape index (κ1) is 12.2. The van der Waals surface area contributed by atoms with E-state index in [1.807, 2.05) is 6.07 Å². The summed E-state index contributed by atoms with van der Waals surface area (Å²) in [5.74, 6) is 1.01. The van der Waals surface area contributed by atoms with Crippen molar-refractivity contribution in [3.8, 4) is 0 Å². The van der Waals surface area contributed by atoms with Crippen LogP contribution in [-0.4, -0.2) is 6.54 Å². The van der Waals surface area contributed by atoms with Gasteiger partial charge in [-0.2, -0.15) is 0 Å². The van der Waals surface area contributed by atoms with Crippen molar-refractivity contribution >= 4 is 15.9 Å². The SMILES string of the molecule is CCC1(CNC(C)c2occc2Br)CCC1. The number of rotatable bonds is 5. The lowest BCUT2D eigenvalue weighted by Crippen LogP contribution is -2.40. The van der Waals surface area contributed by atoms with Gasteiger partial charge in [-0.3, -0.25) is 0 Å². The lowest BCUT2D eigenvalue weighted by molar-refractivity contribution is 0.118.